The summed E-state index contributed by atoms with van der Waals surface area (Å²) in [5, 5.41) is 6.94. The highest BCUT2D eigenvalue weighted by atomic mass is 16.7. The molecule has 0 spiro atoms. The van der Waals surface area contributed by atoms with Gasteiger partial charge in [-0.3, -0.25) is 9.59 Å². The molecular weight excluding hydrogens is 438 g/mol. The number of amides is 2. The Kier molecular flexibility index (Phi) is 6.07. The summed E-state index contributed by atoms with van der Waals surface area (Å²) in [6, 6.07) is 13.9. The lowest BCUT2D eigenvalue weighted by atomic mass is 10.0. The highest BCUT2D eigenvalue weighted by Gasteiger charge is 2.34. The van der Waals surface area contributed by atoms with Crippen LogP contribution in [0.3, 0.4) is 0 Å². The van der Waals surface area contributed by atoms with Crippen LogP contribution in [0.1, 0.15) is 35.3 Å². The Morgan fingerprint density at radius 1 is 1.12 bits per heavy atom. The van der Waals surface area contributed by atoms with Crippen molar-refractivity contribution in [2.75, 3.05) is 20.4 Å². The number of piperidine rings is 1. The largest absolute Gasteiger partial charge is 0.496 e. The third kappa shape index (κ3) is 4.28. The maximum absolute atomic E-state index is 13.3. The summed E-state index contributed by atoms with van der Waals surface area (Å²) in [4.78, 5) is 27.9. The SMILES string of the molecule is COc1ccccc1-c1cc(C(=O)N2CCCC[C@H]2C(=O)NCc2ccc3c(c2)OCO3)no1. The molecule has 34 heavy (non-hydrogen) atoms. The van der Waals surface area contributed by atoms with Crippen LogP contribution in [0, 0.1) is 0 Å². The molecule has 2 aliphatic rings. The molecule has 3 heterocycles. The Morgan fingerprint density at radius 3 is 2.85 bits per heavy atom. The molecule has 1 aromatic heterocycles. The topological polar surface area (TPSA) is 103 Å². The monoisotopic (exact) mass is 463 g/mol. The first-order valence-electron chi connectivity index (χ1n) is 11.2. The second-order valence-corrected chi connectivity index (χ2v) is 8.19. The van der Waals surface area contributed by atoms with Crippen molar-refractivity contribution < 1.29 is 28.3 Å². The van der Waals surface area contributed by atoms with Crippen LogP contribution < -0.4 is 19.5 Å². The Bertz CT molecular complexity index is 1210. The highest BCUT2D eigenvalue weighted by Crippen LogP contribution is 2.33. The lowest BCUT2D eigenvalue weighted by molar-refractivity contribution is -0.126. The van der Waals surface area contributed by atoms with Gasteiger partial charge in [0.15, 0.2) is 23.0 Å². The van der Waals surface area contributed by atoms with Crippen molar-refractivity contribution in [1.82, 2.24) is 15.4 Å². The highest BCUT2D eigenvalue weighted by molar-refractivity contribution is 5.97. The van der Waals surface area contributed by atoms with Crippen molar-refractivity contribution in [3.63, 3.8) is 0 Å². The molecule has 0 unspecified atom stereocenters. The summed E-state index contributed by atoms with van der Waals surface area (Å²) in [7, 11) is 1.57. The van der Waals surface area contributed by atoms with E-state index in [0.29, 0.717) is 48.1 Å². The van der Waals surface area contributed by atoms with Crippen LogP contribution in [-0.4, -0.2) is 48.4 Å². The number of para-hydroxylation sites is 1. The van der Waals surface area contributed by atoms with Crippen molar-refractivity contribution in [3.05, 3.63) is 59.8 Å². The van der Waals surface area contributed by atoms with Gasteiger partial charge < -0.3 is 29.0 Å². The Morgan fingerprint density at radius 2 is 1.97 bits per heavy atom. The number of likely N-dealkylation sites (tertiary alicyclic amines) is 1. The fourth-order valence-corrected chi connectivity index (χ4v) is 4.30. The van der Waals surface area contributed by atoms with Crippen molar-refractivity contribution in [2.45, 2.75) is 31.8 Å². The number of methoxy groups -OCH3 is 1. The van der Waals surface area contributed by atoms with E-state index < -0.39 is 6.04 Å². The van der Waals surface area contributed by atoms with Gasteiger partial charge in [0.05, 0.1) is 12.7 Å². The van der Waals surface area contributed by atoms with Gasteiger partial charge in [0.25, 0.3) is 5.91 Å². The van der Waals surface area contributed by atoms with Crippen LogP contribution >= 0.6 is 0 Å². The van der Waals surface area contributed by atoms with E-state index in [1.54, 1.807) is 18.1 Å². The van der Waals surface area contributed by atoms with Crippen LogP contribution in [0.5, 0.6) is 17.2 Å². The van der Waals surface area contributed by atoms with Gasteiger partial charge in [-0.05, 0) is 49.1 Å². The molecule has 1 atom stereocenters. The normalized spacial score (nSPS) is 16.9. The number of carbonyl (C=O) groups excluding carboxylic acids is 2. The minimum absolute atomic E-state index is 0.163. The zero-order valence-electron chi connectivity index (χ0n) is 18.8. The second-order valence-electron chi connectivity index (χ2n) is 8.19. The first-order valence-corrected chi connectivity index (χ1v) is 11.2. The van der Waals surface area contributed by atoms with Crippen LogP contribution in [0.4, 0.5) is 0 Å². The van der Waals surface area contributed by atoms with Gasteiger partial charge in [-0.15, -0.1) is 0 Å². The first-order chi connectivity index (χ1) is 16.6. The molecule has 2 aliphatic heterocycles. The maximum Gasteiger partial charge on any atom is 0.276 e. The molecular formula is C25H25N3O6. The van der Waals surface area contributed by atoms with Gasteiger partial charge in [-0.1, -0.05) is 23.4 Å². The first kappa shape index (κ1) is 21.8. The smallest absolute Gasteiger partial charge is 0.276 e. The number of aromatic nitrogens is 1. The summed E-state index contributed by atoms with van der Waals surface area (Å²) in [6.07, 6.45) is 2.29. The average molecular weight is 463 g/mol. The predicted molar refractivity (Wildman–Crippen MR) is 122 cm³/mol. The number of hydrogen-bond donors (Lipinski definition) is 1. The van der Waals surface area contributed by atoms with Crippen LogP contribution in [0.2, 0.25) is 0 Å². The number of rotatable bonds is 6. The molecule has 0 saturated carbocycles. The van der Waals surface area contributed by atoms with Gasteiger partial charge in [-0.25, -0.2) is 0 Å². The molecule has 9 heteroatoms. The van der Waals surface area contributed by atoms with Crippen LogP contribution in [0.15, 0.2) is 53.1 Å². The lowest BCUT2D eigenvalue weighted by Gasteiger charge is -2.34. The van der Waals surface area contributed by atoms with E-state index in [9.17, 15) is 9.59 Å². The van der Waals surface area contributed by atoms with Crippen LogP contribution in [0.25, 0.3) is 11.3 Å². The van der Waals surface area contributed by atoms with Crippen molar-refractivity contribution in [3.8, 4) is 28.6 Å². The minimum Gasteiger partial charge on any atom is -0.496 e. The quantitative estimate of drug-likeness (QED) is 0.598. The van der Waals surface area contributed by atoms with E-state index in [-0.39, 0.29) is 24.3 Å². The number of hydrogen-bond acceptors (Lipinski definition) is 7. The second kappa shape index (κ2) is 9.46. The number of fused-ring (bicyclic) bond motifs is 1. The zero-order valence-corrected chi connectivity index (χ0v) is 18.8. The third-order valence-corrected chi connectivity index (χ3v) is 6.07. The fraction of sp³-hybridized carbons (Fsp3) is 0.320. The molecule has 1 N–H and O–H groups in total. The lowest BCUT2D eigenvalue weighted by Crippen LogP contribution is -2.51. The molecule has 5 rings (SSSR count). The van der Waals surface area contributed by atoms with Crippen molar-refractivity contribution >= 4 is 11.8 Å². The summed E-state index contributed by atoms with van der Waals surface area (Å²) in [5.74, 6) is 1.89. The third-order valence-electron chi connectivity index (χ3n) is 6.07. The molecule has 2 aromatic carbocycles. The summed E-state index contributed by atoms with van der Waals surface area (Å²) >= 11 is 0. The summed E-state index contributed by atoms with van der Waals surface area (Å²) in [5.41, 5.74) is 1.76. The number of ether oxygens (including phenoxy) is 3. The van der Waals surface area contributed by atoms with E-state index in [1.165, 1.54) is 0 Å². The van der Waals surface area contributed by atoms with Gasteiger partial charge >= 0.3 is 0 Å². The molecule has 0 radical (unpaired) electrons. The fourth-order valence-electron chi connectivity index (χ4n) is 4.30. The minimum atomic E-state index is -0.568. The Labute approximate surface area is 196 Å². The van der Waals surface area contributed by atoms with E-state index in [2.05, 4.69) is 10.5 Å². The molecule has 9 nitrogen and oxygen atoms in total. The maximum atomic E-state index is 13.3. The summed E-state index contributed by atoms with van der Waals surface area (Å²) in [6.45, 7) is 1.01. The van der Waals surface area contributed by atoms with Gasteiger partial charge in [0, 0.05) is 19.2 Å². The molecule has 176 valence electrons. The molecule has 3 aromatic rings. The molecule has 0 aliphatic carbocycles. The number of benzene rings is 2. The van der Waals surface area contributed by atoms with Crippen molar-refractivity contribution in [1.29, 1.82) is 0 Å². The van der Waals surface area contributed by atoms with E-state index in [0.717, 1.165) is 18.4 Å². The molecule has 1 saturated heterocycles. The predicted octanol–water partition coefficient (Wildman–Crippen LogP) is 3.39. The molecule has 1 fully saturated rings. The van der Waals surface area contributed by atoms with Crippen molar-refractivity contribution in [2.24, 2.45) is 0 Å². The molecule has 2 amide bonds. The number of nitrogens with one attached hydrogen (secondary N) is 1. The summed E-state index contributed by atoms with van der Waals surface area (Å²) < 4.78 is 21.5. The Hall–Kier alpha value is -4.01. The van der Waals surface area contributed by atoms with Gasteiger partial charge in [0.1, 0.15) is 11.8 Å². The van der Waals surface area contributed by atoms with E-state index in [4.69, 9.17) is 18.7 Å². The standard InChI is InChI=1S/C25H25N3O6/c1-31-20-8-3-2-6-17(20)22-13-18(27-34-22)25(30)28-11-5-4-7-19(28)24(29)26-14-16-9-10-21-23(12-16)33-15-32-21/h2-3,6,8-10,12-13,19H,4-5,7,11,14-15H2,1H3,(H,26,29)/t19-/m0/s1. The van der Waals surface area contributed by atoms with E-state index in [1.807, 2.05) is 42.5 Å². The molecule has 0 bridgehead atoms. The van der Waals surface area contributed by atoms with Crippen LogP contribution in [-0.2, 0) is 11.3 Å². The Balaban J connectivity index is 1.28. The average Bonchev–Trinajstić information content (AvgIpc) is 3.56. The zero-order chi connectivity index (χ0) is 23.5. The number of carbonyl (C=O) groups is 2. The van der Waals surface area contributed by atoms with E-state index >= 15 is 0 Å². The number of nitrogens with zero attached hydrogens (tertiary/aromatic N) is 2. The van der Waals surface area contributed by atoms with Gasteiger partial charge in [-0.2, -0.15) is 0 Å². The van der Waals surface area contributed by atoms with Gasteiger partial charge in [0.2, 0.25) is 12.7 Å².